The van der Waals surface area contributed by atoms with Crippen LogP contribution in [0.2, 0.25) is 0 Å². The highest BCUT2D eigenvalue weighted by molar-refractivity contribution is 5.74. The van der Waals surface area contributed by atoms with Crippen LogP contribution in [0.15, 0.2) is 0 Å². The Bertz CT molecular complexity index is 370. The number of nitrogens with zero attached hydrogens (tertiary/aromatic N) is 2. The minimum atomic E-state index is 0.0602. The van der Waals surface area contributed by atoms with Crippen molar-refractivity contribution in [2.75, 3.05) is 53.0 Å². The molecule has 0 bridgehead atoms. The Hall–Kier alpha value is -0.850. The molecule has 1 atom stereocenters. The molecule has 22 heavy (non-hydrogen) atoms. The van der Waals surface area contributed by atoms with Crippen LogP contribution in [-0.4, -0.2) is 81.0 Å². The number of amides is 2. The fourth-order valence-electron chi connectivity index (χ4n) is 3.29. The van der Waals surface area contributed by atoms with Crippen molar-refractivity contribution < 1.29 is 14.3 Å². The Morgan fingerprint density at radius 3 is 2.68 bits per heavy atom. The second kappa shape index (κ2) is 7.62. The molecular formula is C16H29N3O3. The van der Waals surface area contributed by atoms with Crippen LogP contribution in [0.5, 0.6) is 0 Å². The van der Waals surface area contributed by atoms with Gasteiger partial charge in [0.2, 0.25) is 0 Å². The summed E-state index contributed by atoms with van der Waals surface area (Å²) in [6, 6.07) is 0.324. The summed E-state index contributed by atoms with van der Waals surface area (Å²) < 4.78 is 11.2. The molecule has 0 spiro atoms. The summed E-state index contributed by atoms with van der Waals surface area (Å²) in [6.07, 6.45) is 4.72. The topological polar surface area (TPSA) is 54.0 Å². The van der Waals surface area contributed by atoms with Crippen LogP contribution in [-0.2, 0) is 9.47 Å². The lowest BCUT2D eigenvalue weighted by Crippen LogP contribution is -2.54. The molecule has 2 aliphatic heterocycles. The van der Waals surface area contributed by atoms with E-state index in [2.05, 4.69) is 17.3 Å². The molecule has 0 unspecified atom stereocenters. The normalized spacial score (nSPS) is 27.2. The minimum absolute atomic E-state index is 0.0602. The molecule has 2 heterocycles. The zero-order valence-corrected chi connectivity index (χ0v) is 13.6. The molecule has 2 amide bonds. The third-order valence-electron chi connectivity index (χ3n) is 4.76. The summed E-state index contributed by atoms with van der Waals surface area (Å²) in [5, 5.41) is 3.14. The summed E-state index contributed by atoms with van der Waals surface area (Å²) >= 11 is 0. The Morgan fingerprint density at radius 1 is 1.18 bits per heavy atom. The third-order valence-corrected chi connectivity index (χ3v) is 4.76. The molecule has 2 saturated heterocycles. The SMILES string of the molecule is CN(CC1CC1)C[C@@H]1CN(C(=O)NC2CCOCC2)CCO1. The number of urea groups is 1. The second-order valence-electron chi connectivity index (χ2n) is 6.94. The maximum Gasteiger partial charge on any atom is 0.317 e. The van der Waals surface area contributed by atoms with E-state index in [0.717, 1.165) is 45.1 Å². The molecule has 3 rings (SSSR count). The molecule has 3 aliphatic rings. The van der Waals surface area contributed by atoms with E-state index in [1.165, 1.54) is 12.8 Å². The zero-order chi connectivity index (χ0) is 15.4. The number of hydrogen-bond acceptors (Lipinski definition) is 4. The Kier molecular flexibility index (Phi) is 5.55. The average Bonchev–Trinajstić information content (AvgIpc) is 3.32. The first-order valence-electron chi connectivity index (χ1n) is 8.64. The first-order valence-corrected chi connectivity index (χ1v) is 8.64. The number of rotatable bonds is 5. The largest absolute Gasteiger partial charge is 0.381 e. The van der Waals surface area contributed by atoms with Crippen molar-refractivity contribution in [3.63, 3.8) is 0 Å². The third kappa shape index (κ3) is 4.83. The molecule has 1 N–H and O–H groups in total. The van der Waals surface area contributed by atoms with E-state index in [4.69, 9.17) is 9.47 Å². The van der Waals surface area contributed by atoms with Crippen LogP contribution in [0.3, 0.4) is 0 Å². The molecule has 1 aliphatic carbocycles. The Labute approximate surface area is 133 Å². The summed E-state index contributed by atoms with van der Waals surface area (Å²) in [5.74, 6) is 0.890. The van der Waals surface area contributed by atoms with Gasteiger partial charge in [-0.15, -0.1) is 0 Å². The maximum atomic E-state index is 12.4. The summed E-state index contributed by atoms with van der Waals surface area (Å²) in [5.41, 5.74) is 0. The van der Waals surface area contributed by atoms with Crippen LogP contribution < -0.4 is 5.32 Å². The van der Waals surface area contributed by atoms with Crippen LogP contribution in [0.25, 0.3) is 0 Å². The van der Waals surface area contributed by atoms with Gasteiger partial charge in [-0.2, -0.15) is 0 Å². The van der Waals surface area contributed by atoms with Crippen LogP contribution in [0.1, 0.15) is 25.7 Å². The highest BCUT2D eigenvalue weighted by atomic mass is 16.5. The van der Waals surface area contributed by atoms with Gasteiger partial charge in [0.25, 0.3) is 0 Å². The van der Waals surface area contributed by atoms with Gasteiger partial charge < -0.3 is 24.6 Å². The predicted octanol–water partition coefficient (Wildman–Crippen LogP) is 0.918. The standard InChI is InChI=1S/C16H29N3O3/c1-18(10-13-2-3-13)11-15-12-19(6-9-22-15)16(20)17-14-4-7-21-8-5-14/h13-15H,2-12H2,1H3,(H,17,20)/t15-/m1/s1. The number of likely N-dealkylation sites (N-methyl/N-ethyl adjacent to an activating group) is 1. The van der Waals surface area contributed by atoms with Crippen molar-refractivity contribution in [3.8, 4) is 0 Å². The molecular weight excluding hydrogens is 282 g/mol. The number of nitrogens with one attached hydrogen (secondary N) is 1. The lowest BCUT2D eigenvalue weighted by molar-refractivity contribution is -0.0285. The number of hydrogen-bond donors (Lipinski definition) is 1. The quantitative estimate of drug-likeness (QED) is 0.820. The van der Waals surface area contributed by atoms with Gasteiger partial charge in [0.15, 0.2) is 0 Å². The fourth-order valence-corrected chi connectivity index (χ4v) is 3.29. The molecule has 6 nitrogen and oxygen atoms in total. The molecule has 0 radical (unpaired) electrons. The van der Waals surface area contributed by atoms with Crippen LogP contribution in [0.4, 0.5) is 4.79 Å². The van der Waals surface area contributed by atoms with E-state index >= 15 is 0 Å². The molecule has 6 heteroatoms. The van der Waals surface area contributed by atoms with Gasteiger partial charge in [0, 0.05) is 45.4 Å². The van der Waals surface area contributed by atoms with E-state index in [1.54, 1.807) is 0 Å². The second-order valence-corrected chi connectivity index (χ2v) is 6.94. The number of ether oxygens (including phenoxy) is 2. The zero-order valence-electron chi connectivity index (χ0n) is 13.6. The Balaban J connectivity index is 1.41. The highest BCUT2D eigenvalue weighted by Gasteiger charge is 2.28. The monoisotopic (exact) mass is 311 g/mol. The smallest absolute Gasteiger partial charge is 0.317 e. The molecule has 0 aromatic carbocycles. The van der Waals surface area contributed by atoms with Crippen molar-refractivity contribution in [1.29, 1.82) is 0 Å². The van der Waals surface area contributed by atoms with Crippen molar-refractivity contribution in [2.45, 2.75) is 37.8 Å². The minimum Gasteiger partial charge on any atom is -0.381 e. The molecule has 0 aromatic heterocycles. The molecule has 3 fully saturated rings. The highest BCUT2D eigenvalue weighted by Crippen LogP contribution is 2.29. The first-order chi connectivity index (χ1) is 10.7. The average molecular weight is 311 g/mol. The van der Waals surface area contributed by atoms with Crippen LogP contribution in [0, 0.1) is 5.92 Å². The van der Waals surface area contributed by atoms with Gasteiger partial charge in [-0.1, -0.05) is 0 Å². The Morgan fingerprint density at radius 2 is 1.95 bits per heavy atom. The molecule has 0 aromatic rings. The van der Waals surface area contributed by atoms with Gasteiger partial charge in [-0.05, 0) is 38.6 Å². The van der Waals surface area contributed by atoms with Gasteiger partial charge in [0.05, 0.1) is 12.7 Å². The first kappa shape index (κ1) is 16.0. The van der Waals surface area contributed by atoms with Gasteiger partial charge >= 0.3 is 6.03 Å². The van der Waals surface area contributed by atoms with Crippen molar-refractivity contribution in [3.05, 3.63) is 0 Å². The van der Waals surface area contributed by atoms with E-state index in [-0.39, 0.29) is 18.2 Å². The van der Waals surface area contributed by atoms with E-state index in [0.29, 0.717) is 19.7 Å². The lowest BCUT2D eigenvalue weighted by Gasteiger charge is -2.36. The number of carbonyl (C=O) groups is 1. The van der Waals surface area contributed by atoms with E-state index < -0.39 is 0 Å². The van der Waals surface area contributed by atoms with Gasteiger partial charge in [0.1, 0.15) is 0 Å². The van der Waals surface area contributed by atoms with E-state index in [1.807, 2.05) is 4.90 Å². The molecule has 126 valence electrons. The number of carbonyl (C=O) groups excluding carboxylic acids is 1. The predicted molar refractivity (Wildman–Crippen MR) is 83.9 cm³/mol. The molecule has 1 saturated carbocycles. The van der Waals surface area contributed by atoms with Crippen molar-refractivity contribution in [1.82, 2.24) is 15.1 Å². The van der Waals surface area contributed by atoms with Crippen molar-refractivity contribution in [2.24, 2.45) is 5.92 Å². The summed E-state index contributed by atoms with van der Waals surface area (Å²) in [4.78, 5) is 16.7. The van der Waals surface area contributed by atoms with Gasteiger partial charge in [-0.3, -0.25) is 0 Å². The van der Waals surface area contributed by atoms with Crippen LogP contribution >= 0.6 is 0 Å². The summed E-state index contributed by atoms with van der Waals surface area (Å²) in [7, 11) is 2.16. The summed E-state index contributed by atoms with van der Waals surface area (Å²) in [6.45, 7) is 5.61. The van der Waals surface area contributed by atoms with Crippen molar-refractivity contribution >= 4 is 6.03 Å². The maximum absolute atomic E-state index is 12.4. The fraction of sp³-hybridized carbons (Fsp3) is 0.938. The lowest BCUT2D eigenvalue weighted by atomic mass is 10.1. The van der Waals surface area contributed by atoms with E-state index in [9.17, 15) is 4.79 Å². The number of morpholine rings is 1. The van der Waals surface area contributed by atoms with Gasteiger partial charge in [-0.25, -0.2) is 4.79 Å².